The summed E-state index contributed by atoms with van der Waals surface area (Å²) in [5.74, 6) is 0.0149. The van der Waals surface area contributed by atoms with Crippen molar-refractivity contribution in [3.63, 3.8) is 0 Å². The summed E-state index contributed by atoms with van der Waals surface area (Å²) < 4.78 is 5.21. The molecule has 1 heterocycles. The summed E-state index contributed by atoms with van der Waals surface area (Å²) in [5.41, 5.74) is 1.00. The number of rotatable bonds is 7. The Morgan fingerprint density at radius 1 is 1.27 bits per heavy atom. The van der Waals surface area contributed by atoms with Gasteiger partial charge in [-0.25, -0.2) is 4.79 Å². The Labute approximate surface area is 151 Å². The Morgan fingerprint density at radius 2 is 1.96 bits per heavy atom. The van der Waals surface area contributed by atoms with Gasteiger partial charge in [0.05, 0.1) is 0 Å². The van der Waals surface area contributed by atoms with Crippen molar-refractivity contribution in [1.29, 1.82) is 0 Å². The number of carbonyl (C=O) groups is 2. The molecule has 1 aliphatic rings. The van der Waals surface area contributed by atoms with Crippen LogP contribution >= 0.6 is 0 Å². The van der Waals surface area contributed by atoms with Gasteiger partial charge in [-0.15, -0.1) is 0 Å². The van der Waals surface area contributed by atoms with E-state index in [0.29, 0.717) is 30.5 Å². The Morgan fingerprint density at radius 3 is 2.50 bits per heavy atom. The Bertz CT molecular complexity index is 791. The molecule has 7 heteroatoms. The molecule has 138 valence electrons. The molecule has 26 heavy (non-hydrogen) atoms. The first-order valence-electron chi connectivity index (χ1n) is 8.87. The highest BCUT2D eigenvalue weighted by atomic mass is 16.5. The Hall–Kier alpha value is -2.70. The number of carboxylic acid groups (broad SMARTS) is 1. The van der Waals surface area contributed by atoms with Crippen molar-refractivity contribution >= 4 is 11.9 Å². The Balaban J connectivity index is 1.57. The van der Waals surface area contributed by atoms with Crippen LogP contribution in [-0.2, 0) is 16.0 Å². The van der Waals surface area contributed by atoms with Crippen LogP contribution in [0, 0.1) is 0 Å². The highest BCUT2D eigenvalue weighted by Crippen LogP contribution is 2.32. The third kappa shape index (κ3) is 3.76. The smallest absolute Gasteiger partial charge is 0.329 e. The summed E-state index contributed by atoms with van der Waals surface area (Å²) in [7, 11) is 0. The lowest BCUT2D eigenvalue weighted by molar-refractivity contribution is -0.151. The van der Waals surface area contributed by atoms with E-state index in [1.807, 2.05) is 24.3 Å². The molecule has 1 aromatic heterocycles. The van der Waals surface area contributed by atoms with Crippen LogP contribution in [0.1, 0.15) is 56.9 Å². The van der Waals surface area contributed by atoms with Crippen LogP contribution in [0.3, 0.4) is 0 Å². The fourth-order valence-electron chi connectivity index (χ4n) is 2.96. The molecular formula is C19H23N3O4. The molecule has 0 unspecified atom stereocenters. The van der Waals surface area contributed by atoms with Crippen LogP contribution < -0.4 is 5.32 Å². The van der Waals surface area contributed by atoms with Gasteiger partial charge in [-0.1, -0.05) is 43.3 Å². The number of aromatic nitrogens is 2. The maximum Gasteiger partial charge on any atom is 0.329 e. The number of hydrogen-bond acceptors (Lipinski definition) is 5. The van der Waals surface area contributed by atoms with Gasteiger partial charge in [0.1, 0.15) is 5.54 Å². The lowest BCUT2D eigenvalue weighted by atomic mass is 9.76. The normalized spacial score (nSPS) is 15.5. The zero-order valence-corrected chi connectivity index (χ0v) is 15.0. The molecule has 0 bridgehead atoms. The van der Waals surface area contributed by atoms with E-state index < -0.39 is 11.5 Å². The van der Waals surface area contributed by atoms with E-state index in [2.05, 4.69) is 29.3 Å². The molecule has 1 amide bonds. The predicted octanol–water partition coefficient (Wildman–Crippen LogP) is 2.92. The molecule has 0 atom stereocenters. The average Bonchev–Trinajstić information content (AvgIpc) is 3.05. The summed E-state index contributed by atoms with van der Waals surface area (Å²) in [6.45, 7) is 4.26. The number of aryl methyl sites for hydroxylation is 1. The SMILES string of the molecule is CC(C)c1ccc(-c2noc(CCC(=O)NC3(C(=O)O)CCC3)n2)cc1. The van der Waals surface area contributed by atoms with Gasteiger partial charge >= 0.3 is 5.97 Å². The van der Waals surface area contributed by atoms with Crippen LogP contribution in [-0.4, -0.2) is 32.7 Å². The monoisotopic (exact) mass is 357 g/mol. The quantitative estimate of drug-likeness (QED) is 0.789. The minimum Gasteiger partial charge on any atom is -0.480 e. The van der Waals surface area contributed by atoms with Crippen molar-refractivity contribution in [3.8, 4) is 11.4 Å². The van der Waals surface area contributed by atoms with Gasteiger partial charge in [-0.2, -0.15) is 4.98 Å². The maximum atomic E-state index is 12.0. The fraction of sp³-hybridized carbons (Fsp3) is 0.474. The number of carbonyl (C=O) groups excluding carboxylic acids is 1. The molecular weight excluding hydrogens is 334 g/mol. The van der Waals surface area contributed by atoms with Gasteiger partial charge in [0.15, 0.2) is 0 Å². The van der Waals surface area contributed by atoms with Crippen molar-refractivity contribution in [2.45, 2.75) is 57.4 Å². The van der Waals surface area contributed by atoms with Gasteiger partial charge < -0.3 is 14.9 Å². The van der Waals surface area contributed by atoms with Crippen molar-refractivity contribution in [1.82, 2.24) is 15.5 Å². The molecule has 1 aliphatic carbocycles. The van der Waals surface area contributed by atoms with Crippen LogP contribution in [0.25, 0.3) is 11.4 Å². The van der Waals surface area contributed by atoms with E-state index in [1.165, 1.54) is 5.56 Å². The Kier molecular flexibility index (Phi) is 5.06. The maximum absolute atomic E-state index is 12.0. The predicted molar refractivity (Wildman–Crippen MR) is 94.5 cm³/mol. The van der Waals surface area contributed by atoms with Crippen molar-refractivity contribution < 1.29 is 19.2 Å². The minimum atomic E-state index is -1.09. The van der Waals surface area contributed by atoms with Gasteiger partial charge in [-0.3, -0.25) is 4.79 Å². The van der Waals surface area contributed by atoms with E-state index in [0.717, 1.165) is 12.0 Å². The van der Waals surface area contributed by atoms with E-state index in [9.17, 15) is 14.7 Å². The zero-order chi connectivity index (χ0) is 18.7. The largest absolute Gasteiger partial charge is 0.480 e. The van der Waals surface area contributed by atoms with E-state index in [1.54, 1.807) is 0 Å². The van der Waals surface area contributed by atoms with Gasteiger partial charge in [0.25, 0.3) is 0 Å². The number of benzene rings is 1. The van der Waals surface area contributed by atoms with E-state index >= 15 is 0 Å². The second-order valence-corrected chi connectivity index (χ2v) is 7.08. The third-order valence-corrected chi connectivity index (χ3v) is 4.86. The van der Waals surface area contributed by atoms with Gasteiger partial charge in [0.2, 0.25) is 17.6 Å². The number of carboxylic acids is 1. The molecule has 0 spiro atoms. The lowest BCUT2D eigenvalue weighted by Gasteiger charge is -2.38. The highest BCUT2D eigenvalue weighted by molar-refractivity contribution is 5.87. The third-order valence-electron chi connectivity index (χ3n) is 4.86. The standard InChI is InChI=1S/C19H23N3O4/c1-12(2)13-4-6-14(7-5-13)17-20-16(26-22-17)9-8-15(23)21-19(18(24)25)10-3-11-19/h4-7,12H,3,8-11H2,1-2H3,(H,21,23)(H,24,25). The molecule has 1 saturated carbocycles. The summed E-state index contributed by atoms with van der Waals surface area (Å²) >= 11 is 0. The first-order valence-corrected chi connectivity index (χ1v) is 8.87. The summed E-state index contributed by atoms with van der Waals surface area (Å²) in [6, 6.07) is 7.97. The summed E-state index contributed by atoms with van der Waals surface area (Å²) in [5, 5.41) is 15.8. The van der Waals surface area contributed by atoms with E-state index in [-0.39, 0.29) is 18.7 Å². The second-order valence-electron chi connectivity index (χ2n) is 7.08. The van der Waals surface area contributed by atoms with Crippen LogP contribution in [0.5, 0.6) is 0 Å². The molecule has 2 aromatic rings. The van der Waals surface area contributed by atoms with Crippen LogP contribution in [0.15, 0.2) is 28.8 Å². The first kappa shape index (κ1) is 18.1. The van der Waals surface area contributed by atoms with E-state index in [4.69, 9.17) is 4.52 Å². The molecule has 1 aromatic carbocycles. The second kappa shape index (κ2) is 7.27. The van der Waals surface area contributed by atoms with Crippen LogP contribution in [0.4, 0.5) is 0 Å². The molecule has 1 fully saturated rings. The van der Waals surface area contributed by atoms with Crippen LogP contribution in [0.2, 0.25) is 0 Å². The summed E-state index contributed by atoms with van der Waals surface area (Å²) in [4.78, 5) is 27.6. The highest BCUT2D eigenvalue weighted by Gasteiger charge is 2.45. The molecule has 7 nitrogen and oxygen atoms in total. The van der Waals surface area contributed by atoms with Gasteiger partial charge in [-0.05, 0) is 30.7 Å². The van der Waals surface area contributed by atoms with Gasteiger partial charge in [0, 0.05) is 18.4 Å². The molecule has 3 rings (SSSR count). The van der Waals surface area contributed by atoms with Crippen molar-refractivity contribution in [3.05, 3.63) is 35.7 Å². The van der Waals surface area contributed by atoms with Crippen molar-refractivity contribution in [2.24, 2.45) is 0 Å². The van der Waals surface area contributed by atoms with Crippen molar-refractivity contribution in [2.75, 3.05) is 0 Å². The molecule has 0 aliphatic heterocycles. The number of aliphatic carboxylic acids is 1. The number of nitrogens with one attached hydrogen (secondary N) is 1. The lowest BCUT2D eigenvalue weighted by Crippen LogP contribution is -2.59. The topological polar surface area (TPSA) is 105 Å². The summed E-state index contributed by atoms with van der Waals surface area (Å²) in [6.07, 6.45) is 2.16. The minimum absolute atomic E-state index is 0.114. The molecule has 0 saturated heterocycles. The average molecular weight is 357 g/mol. The first-order chi connectivity index (χ1) is 12.4. The zero-order valence-electron chi connectivity index (χ0n) is 15.0. The molecule has 2 N–H and O–H groups in total. The number of amides is 1. The molecule has 0 radical (unpaired) electrons. The number of nitrogens with zero attached hydrogens (tertiary/aromatic N) is 2. The fourth-order valence-corrected chi connectivity index (χ4v) is 2.96. The number of hydrogen-bond donors (Lipinski definition) is 2.